The minimum Gasteiger partial charge on any atom is -0.408 e. The van der Waals surface area contributed by atoms with Crippen molar-refractivity contribution in [2.45, 2.75) is 26.4 Å². The molecule has 0 amide bonds. The maximum Gasteiger partial charge on any atom is 0.284 e. The molecule has 6 nitrogen and oxygen atoms in total. The average Bonchev–Trinajstić information content (AvgIpc) is 3.47. The molecule has 150 valence electrons. The number of benzene rings is 2. The lowest BCUT2D eigenvalue weighted by Crippen LogP contribution is -2.04. The molecule has 0 fully saturated rings. The van der Waals surface area contributed by atoms with Crippen molar-refractivity contribution >= 4 is 23.1 Å². The van der Waals surface area contributed by atoms with Crippen LogP contribution in [0.25, 0.3) is 33.7 Å². The minimum atomic E-state index is 0.249. The summed E-state index contributed by atoms with van der Waals surface area (Å²) in [6, 6.07) is 20.7. The van der Waals surface area contributed by atoms with Gasteiger partial charge in [0.05, 0.1) is 12.2 Å². The number of aryl methyl sites for hydroxylation is 1. The van der Waals surface area contributed by atoms with Crippen molar-refractivity contribution in [2.75, 3.05) is 0 Å². The smallest absolute Gasteiger partial charge is 0.284 e. The zero-order valence-electron chi connectivity index (χ0n) is 16.6. The molecule has 5 aromatic rings. The largest absolute Gasteiger partial charge is 0.408 e. The fraction of sp³-hybridized carbons (Fsp3) is 0.174. The van der Waals surface area contributed by atoms with Crippen LogP contribution in [0.5, 0.6) is 0 Å². The van der Waals surface area contributed by atoms with Crippen molar-refractivity contribution in [1.29, 1.82) is 0 Å². The standard InChI is InChI=1S/C23H21N5OS/c1-2-12-27-15-18(17-10-6-7-11-20(17)27)19-13-21(22-24-25-23(30)29-22)28(26-19)14-16-8-4-3-5-9-16/h3-11,13,15H,2,12,14H2,1H3,(H,25,30). The predicted molar refractivity (Wildman–Crippen MR) is 120 cm³/mol. The Balaban J connectivity index is 1.66. The maximum absolute atomic E-state index is 5.61. The molecule has 30 heavy (non-hydrogen) atoms. The number of nitrogens with one attached hydrogen (secondary N) is 1. The minimum absolute atomic E-state index is 0.249. The monoisotopic (exact) mass is 415 g/mol. The van der Waals surface area contributed by atoms with Crippen LogP contribution >= 0.6 is 12.2 Å². The van der Waals surface area contributed by atoms with Gasteiger partial charge in [0.2, 0.25) is 0 Å². The fourth-order valence-corrected chi connectivity index (χ4v) is 3.94. The number of para-hydroxylation sites is 1. The summed E-state index contributed by atoms with van der Waals surface area (Å²) >= 11 is 5.08. The van der Waals surface area contributed by atoms with Crippen molar-refractivity contribution in [3.8, 4) is 22.8 Å². The lowest BCUT2D eigenvalue weighted by atomic mass is 10.1. The van der Waals surface area contributed by atoms with Gasteiger partial charge in [-0.15, -0.1) is 5.10 Å². The van der Waals surface area contributed by atoms with E-state index in [-0.39, 0.29) is 4.84 Å². The number of fused-ring (bicyclic) bond motifs is 1. The van der Waals surface area contributed by atoms with Crippen molar-refractivity contribution in [1.82, 2.24) is 24.5 Å². The fourth-order valence-electron chi connectivity index (χ4n) is 3.81. The second kappa shape index (κ2) is 7.76. The Morgan fingerprint density at radius 1 is 1.07 bits per heavy atom. The van der Waals surface area contributed by atoms with Crippen LogP contribution in [0.15, 0.2) is 71.3 Å². The van der Waals surface area contributed by atoms with Crippen LogP contribution in [-0.4, -0.2) is 24.5 Å². The van der Waals surface area contributed by atoms with Gasteiger partial charge in [0.15, 0.2) is 0 Å². The molecule has 3 heterocycles. The van der Waals surface area contributed by atoms with Gasteiger partial charge < -0.3 is 8.98 Å². The molecule has 0 aliphatic rings. The Labute approximate surface area is 178 Å². The zero-order valence-corrected chi connectivity index (χ0v) is 17.4. The molecule has 0 spiro atoms. The molecule has 0 unspecified atom stereocenters. The van der Waals surface area contributed by atoms with E-state index in [0.717, 1.165) is 35.5 Å². The van der Waals surface area contributed by atoms with Gasteiger partial charge in [0, 0.05) is 29.2 Å². The Morgan fingerprint density at radius 2 is 1.87 bits per heavy atom. The normalized spacial score (nSPS) is 11.4. The first kappa shape index (κ1) is 18.6. The Kier molecular flexibility index (Phi) is 4.80. The van der Waals surface area contributed by atoms with E-state index >= 15 is 0 Å². The quantitative estimate of drug-likeness (QED) is 0.363. The molecule has 2 aromatic carbocycles. The van der Waals surface area contributed by atoms with Crippen LogP contribution in [0.3, 0.4) is 0 Å². The van der Waals surface area contributed by atoms with E-state index in [1.54, 1.807) is 0 Å². The molecule has 0 aliphatic carbocycles. The number of H-pyrrole nitrogens is 1. The lowest BCUT2D eigenvalue weighted by molar-refractivity contribution is 0.541. The van der Waals surface area contributed by atoms with Crippen molar-refractivity contribution < 1.29 is 4.42 Å². The summed E-state index contributed by atoms with van der Waals surface area (Å²) in [4.78, 5) is 0.249. The van der Waals surface area contributed by atoms with Crippen molar-refractivity contribution in [2.24, 2.45) is 0 Å². The lowest BCUT2D eigenvalue weighted by Gasteiger charge is -2.04. The third-order valence-electron chi connectivity index (χ3n) is 5.14. The second-order valence-corrected chi connectivity index (χ2v) is 7.60. The molecular formula is C23H21N5OS. The van der Waals surface area contributed by atoms with Crippen molar-refractivity contribution in [3.63, 3.8) is 0 Å². The van der Waals surface area contributed by atoms with E-state index in [1.807, 2.05) is 28.9 Å². The van der Waals surface area contributed by atoms with Gasteiger partial charge in [-0.3, -0.25) is 4.68 Å². The molecule has 0 atom stereocenters. The van der Waals surface area contributed by atoms with Gasteiger partial charge in [0.25, 0.3) is 10.7 Å². The topological polar surface area (TPSA) is 64.6 Å². The zero-order chi connectivity index (χ0) is 20.5. The van der Waals surface area contributed by atoms with E-state index in [0.29, 0.717) is 12.4 Å². The molecule has 0 bridgehead atoms. The van der Waals surface area contributed by atoms with E-state index in [9.17, 15) is 0 Å². The maximum atomic E-state index is 5.61. The third-order valence-corrected chi connectivity index (χ3v) is 5.32. The first-order valence-electron chi connectivity index (χ1n) is 9.99. The first-order valence-corrected chi connectivity index (χ1v) is 10.4. The number of hydrogen-bond acceptors (Lipinski definition) is 4. The number of nitrogens with zero attached hydrogens (tertiary/aromatic N) is 4. The van der Waals surface area contributed by atoms with E-state index in [4.69, 9.17) is 21.7 Å². The van der Waals surface area contributed by atoms with Crippen LogP contribution in [0.4, 0.5) is 0 Å². The first-order chi connectivity index (χ1) is 14.7. The molecule has 0 saturated heterocycles. The van der Waals surface area contributed by atoms with Crippen molar-refractivity contribution in [3.05, 3.63) is 77.3 Å². The molecule has 1 N–H and O–H groups in total. The number of aromatic nitrogens is 5. The van der Waals surface area contributed by atoms with Crippen LogP contribution < -0.4 is 0 Å². The van der Waals surface area contributed by atoms with Gasteiger partial charge in [-0.2, -0.15) is 5.10 Å². The molecule has 3 aromatic heterocycles. The molecule has 0 saturated carbocycles. The summed E-state index contributed by atoms with van der Waals surface area (Å²) in [5.41, 5.74) is 5.13. The van der Waals surface area contributed by atoms with Crippen LogP contribution in [0.1, 0.15) is 18.9 Å². The van der Waals surface area contributed by atoms with Crippen LogP contribution in [0, 0.1) is 4.84 Å². The molecular weight excluding hydrogens is 394 g/mol. The van der Waals surface area contributed by atoms with Gasteiger partial charge in [-0.1, -0.05) is 55.5 Å². The summed E-state index contributed by atoms with van der Waals surface area (Å²) in [5, 5.41) is 13.1. The summed E-state index contributed by atoms with van der Waals surface area (Å²) in [6.45, 7) is 3.76. The van der Waals surface area contributed by atoms with E-state index in [2.05, 4.69) is 64.3 Å². The summed E-state index contributed by atoms with van der Waals surface area (Å²) in [5.74, 6) is 0.437. The van der Waals surface area contributed by atoms with Crippen LogP contribution in [-0.2, 0) is 13.1 Å². The highest BCUT2D eigenvalue weighted by Crippen LogP contribution is 2.32. The Hall–Kier alpha value is -3.45. The molecule has 0 aliphatic heterocycles. The Bertz CT molecular complexity index is 1360. The SMILES string of the molecule is CCCn1cc(-c2cc(-c3n[nH]c(=S)o3)n(Cc3ccccc3)n2)c2ccccc21. The predicted octanol–water partition coefficient (Wildman–Crippen LogP) is 5.68. The number of hydrogen-bond donors (Lipinski definition) is 1. The van der Waals surface area contributed by atoms with Gasteiger partial charge in [0.1, 0.15) is 5.69 Å². The highest BCUT2D eigenvalue weighted by atomic mass is 32.1. The van der Waals surface area contributed by atoms with Gasteiger partial charge in [-0.25, -0.2) is 5.10 Å². The highest BCUT2D eigenvalue weighted by molar-refractivity contribution is 7.71. The molecule has 7 heteroatoms. The number of rotatable bonds is 6. The molecule has 0 radical (unpaired) electrons. The number of aromatic amines is 1. The molecule has 5 rings (SSSR count). The highest BCUT2D eigenvalue weighted by Gasteiger charge is 2.19. The second-order valence-electron chi connectivity index (χ2n) is 7.23. The van der Waals surface area contributed by atoms with E-state index in [1.165, 1.54) is 10.9 Å². The summed E-state index contributed by atoms with van der Waals surface area (Å²) in [6.07, 6.45) is 3.26. The third kappa shape index (κ3) is 3.37. The summed E-state index contributed by atoms with van der Waals surface area (Å²) in [7, 11) is 0. The van der Waals surface area contributed by atoms with E-state index < -0.39 is 0 Å². The summed E-state index contributed by atoms with van der Waals surface area (Å²) < 4.78 is 9.82. The van der Waals surface area contributed by atoms with Gasteiger partial charge in [-0.05, 0) is 36.3 Å². The van der Waals surface area contributed by atoms with Gasteiger partial charge >= 0.3 is 0 Å². The van der Waals surface area contributed by atoms with Crippen LogP contribution in [0.2, 0.25) is 0 Å². The Morgan fingerprint density at radius 3 is 2.63 bits per heavy atom. The average molecular weight is 416 g/mol.